The van der Waals surface area contributed by atoms with Gasteiger partial charge in [-0.3, -0.25) is 23.7 Å². The second-order valence-electron chi connectivity index (χ2n) is 9.24. The van der Waals surface area contributed by atoms with Gasteiger partial charge in [-0.25, -0.2) is 13.8 Å². The molecule has 0 amide bonds. The third-order valence-corrected chi connectivity index (χ3v) is 7.39. The molecule has 1 aromatic heterocycles. The Kier molecular flexibility index (Phi) is 8.94. The van der Waals surface area contributed by atoms with Gasteiger partial charge >= 0.3 is 19.4 Å². The van der Waals surface area contributed by atoms with Gasteiger partial charge in [0.2, 0.25) is 5.82 Å². The van der Waals surface area contributed by atoms with Crippen LogP contribution >= 0.6 is 7.75 Å². The first-order valence-corrected chi connectivity index (χ1v) is 13.2. The molecule has 1 fully saturated rings. The van der Waals surface area contributed by atoms with E-state index < -0.39 is 73.1 Å². The molecule has 1 saturated heterocycles. The second-order valence-corrected chi connectivity index (χ2v) is 10.9. The van der Waals surface area contributed by atoms with E-state index in [0.29, 0.717) is 10.8 Å². The van der Waals surface area contributed by atoms with Crippen molar-refractivity contribution in [1.29, 1.82) is 0 Å². The predicted molar refractivity (Wildman–Crippen MR) is 130 cm³/mol. The largest absolute Gasteiger partial charge is 0.462 e. The summed E-state index contributed by atoms with van der Waals surface area (Å²) in [5.41, 5.74) is -5.17. The molecular weight excluding hydrogens is 531 g/mol. The third kappa shape index (κ3) is 6.56. The van der Waals surface area contributed by atoms with Crippen LogP contribution in [0.2, 0.25) is 0 Å². The Hall–Kier alpha value is -2.90. The van der Waals surface area contributed by atoms with E-state index in [2.05, 4.69) is 5.09 Å². The van der Waals surface area contributed by atoms with Gasteiger partial charge in [-0.15, -0.1) is 0 Å². The summed E-state index contributed by atoms with van der Waals surface area (Å²) in [6.07, 6.45) is -6.76. The molecule has 3 rings (SSSR count). The molecule has 0 aliphatic carbocycles. The zero-order valence-corrected chi connectivity index (χ0v) is 22.2. The van der Waals surface area contributed by atoms with Gasteiger partial charge in [0.05, 0.1) is 18.4 Å². The highest BCUT2D eigenvalue weighted by molar-refractivity contribution is 7.52. The third-order valence-electron chi connectivity index (χ3n) is 5.63. The van der Waals surface area contributed by atoms with Crippen LogP contribution in [-0.4, -0.2) is 56.8 Å². The van der Waals surface area contributed by atoms with E-state index in [1.807, 2.05) is 0 Å². The molecule has 1 unspecified atom stereocenters. The number of aromatic nitrogens is 2. The number of ether oxygens (including phenoxy) is 2. The van der Waals surface area contributed by atoms with E-state index in [-0.39, 0.29) is 5.75 Å². The van der Waals surface area contributed by atoms with Crippen LogP contribution in [0.25, 0.3) is 0 Å². The van der Waals surface area contributed by atoms with Gasteiger partial charge in [-0.1, -0.05) is 18.2 Å². The van der Waals surface area contributed by atoms with Gasteiger partial charge in [-0.05, 0) is 46.8 Å². The number of benzene rings is 1. The van der Waals surface area contributed by atoms with Crippen molar-refractivity contribution in [1.82, 2.24) is 14.6 Å². The lowest BCUT2D eigenvalue weighted by Gasteiger charge is -2.29. The number of hydrogen-bond donors (Lipinski definition) is 3. The molecule has 3 N–H and O–H groups in total. The van der Waals surface area contributed by atoms with Gasteiger partial charge in [0, 0.05) is 0 Å². The number of alkyl halides is 1. The Morgan fingerprint density at radius 1 is 1.24 bits per heavy atom. The van der Waals surface area contributed by atoms with Gasteiger partial charge in [0.15, 0.2) is 11.9 Å². The quantitative estimate of drug-likeness (QED) is 0.290. The van der Waals surface area contributed by atoms with Crippen LogP contribution in [0, 0.1) is 5.82 Å². The molecule has 1 aromatic carbocycles. The number of halogens is 2. The highest BCUT2D eigenvalue weighted by Crippen LogP contribution is 2.49. The zero-order valence-electron chi connectivity index (χ0n) is 21.3. The van der Waals surface area contributed by atoms with Crippen molar-refractivity contribution in [2.24, 2.45) is 0 Å². The van der Waals surface area contributed by atoms with Crippen molar-refractivity contribution in [3.05, 3.63) is 63.2 Å². The monoisotopic (exact) mass is 561 g/mol. The molecule has 38 heavy (non-hydrogen) atoms. The number of carbonyl (C=O) groups is 1. The highest BCUT2D eigenvalue weighted by atomic mass is 31.2. The number of carbonyl (C=O) groups excluding carboxylic acids is 1. The molecule has 12 nitrogen and oxygen atoms in total. The topological polar surface area (TPSA) is 158 Å². The van der Waals surface area contributed by atoms with E-state index in [9.17, 15) is 28.4 Å². The van der Waals surface area contributed by atoms with Crippen LogP contribution in [0.15, 0.2) is 46.1 Å². The normalized spacial score (nSPS) is 26.5. The van der Waals surface area contributed by atoms with Crippen molar-refractivity contribution in [3.63, 3.8) is 0 Å². The maximum absolute atomic E-state index is 15.6. The molecule has 15 heteroatoms. The maximum atomic E-state index is 15.6. The van der Waals surface area contributed by atoms with Crippen LogP contribution in [-0.2, 0) is 23.4 Å². The summed E-state index contributed by atoms with van der Waals surface area (Å²) in [5, 5.41) is 13.2. The Bertz CT molecular complexity index is 1300. The molecule has 0 bridgehead atoms. The van der Waals surface area contributed by atoms with Crippen molar-refractivity contribution in [2.45, 2.75) is 77.0 Å². The number of rotatable bonds is 10. The van der Waals surface area contributed by atoms with E-state index in [0.717, 1.165) is 6.92 Å². The number of esters is 1. The lowest BCUT2D eigenvalue weighted by molar-refractivity contribution is -0.149. The standard InChI is InChI=1S/C23H30F2N3O9P/c1-12(2)34-20(31)13(3)27-38(33,37-15-9-7-6-8-10-15)36-14(4)17-18(29)23(5,25)21(35-17)28-11-16(24)19(30)26-22(28)32/h6-14,17-18,21,29H,1-5H3,(H,27,33)(H,26,30,32)/t13-,14-,17+,18?,21+,23+,38-/m0/s1. The first-order chi connectivity index (χ1) is 17.6. The number of nitrogens with zero attached hydrogens (tertiary/aromatic N) is 1. The van der Waals surface area contributed by atoms with Crippen molar-refractivity contribution < 1.29 is 41.8 Å². The fourth-order valence-corrected chi connectivity index (χ4v) is 5.46. The zero-order chi connectivity index (χ0) is 28.4. The minimum atomic E-state index is -4.43. The molecule has 210 valence electrons. The maximum Gasteiger partial charge on any atom is 0.459 e. The van der Waals surface area contributed by atoms with E-state index in [4.69, 9.17) is 18.5 Å². The molecule has 0 spiro atoms. The number of aliphatic hydroxyl groups is 1. The van der Waals surface area contributed by atoms with Crippen LogP contribution in [0.4, 0.5) is 8.78 Å². The number of aromatic amines is 1. The minimum Gasteiger partial charge on any atom is -0.462 e. The smallest absolute Gasteiger partial charge is 0.459 e. The van der Waals surface area contributed by atoms with Gasteiger partial charge in [-0.2, -0.15) is 9.48 Å². The second kappa shape index (κ2) is 11.5. The van der Waals surface area contributed by atoms with Crippen LogP contribution in [0.1, 0.15) is 40.8 Å². The van der Waals surface area contributed by atoms with Crippen LogP contribution in [0.5, 0.6) is 5.75 Å². The molecular formula is C23H30F2N3O9P. The Morgan fingerprint density at radius 3 is 2.47 bits per heavy atom. The van der Waals surface area contributed by atoms with Gasteiger partial charge < -0.3 is 19.1 Å². The van der Waals surface area contributed by atoms with E-state index in [1.54, 1.807) is 37.0 Å². The number of aliphatic hydroxyl groups excluding tert-OH is 1. The summed E-state index contributed by atoms with van der Waals surface area (Å²) in [6, 6.07) is 6.67. The average molecular weight is 561 g/mol. The first kappa shape index (κ1) is 29.7. The lowest BCUT2D eigenvalue weighted by atomic mass is 9.96. The number of H-pyrrole nitrogens is 1. The summed E-state index contributed by atoms with van der Waals surface area (Å²) < 4.78 is 65.5. The molecule has 1 aliphatic rings. The molecule has 0 saturated carbocycles. The highest BCUT2D eigenvalue weighted by Gasteiger charge is 2.58. The number of para-hydroxylation sites is 1. The summed E-state index contributed by atoms with van der Waals surface area (Å²) in [4.78, 5) is 37.6. The lowest BCUT2D eigenvalue weighted by Crippen LogP contribution is -2.45. The fourth-order valence-electron chi connectivity index (χ4n) is 3.76. The number of nitrogens with one attached hydrogen (secondary N) is 2. The van der Waals surface area contributed by atoms with Crippen molar-refractivity contribution in [2.75, 3.05) is 0 Å². The number of hydrogen-bond acceptors (Lipinski definition) is 9. The summed E-state index contributed by atoms with van der Waals surface area (Å²) in [7, 11) is -4.43. The van der Waals surface area contributed by atoms with Crippen molar-refractivity contribution >= 4 is 13.7 Å². The Balaban J connectivity index is 1.88. The van der Waals surface area contributed by atoms with Gasteiger partial charge in [0.1, 0.15) is 24.0 Å². The van der Waals surface area contributed by atoms with E-state index in [1.165, 1.54) is 26.0 Å². The first-order valence-electron chi connectivity index (χ1n) is 11.7. The molecule has 1 aliphatic heterocycles. The Morgan fingerprint density at radius 2 is 1.87 bits per heavy atom. The van der Waals surface area contributed by atoms with Crippen LogP contribution in [0.3, 0.4) is 0 Å². The summed E-state index contributed by atoms with van der Waals surface area (Å²) in [5.74, 6) is -2.02. The van der Waals surface area contributed by atoms with Gasteiger partial charge in [0.25, 0.3) is 5.56 Å². The molecule has 7 atom stereocenters. The molecule has 2 heterocycles. The minimum absolute atomic E-state index is 0.108. The summed E-state index contributed by atoms with van der Waals surface area (Å²) >= 11 is 0. The molecule has 2 aromatic rings. The summed E-state index contributed by atoms with van der Waals surface area (Å²) in [6.45, 7) is 6.83. The van der Waals surface area contributed by atoms with Crippen LogP contribution < -0.4 is 20.9 Å². The molecule has 0 radical (unpaired) electrons. The fraction of sp³-hybridized carbons (Fsp3) is 0.522. The Labute approximate surface area is 216 Å². The predicted octanol–water partition coefficient (Wildman–Crippen LogP) is 2.18. The average Bonchev–Trinajstić information content (AvgIpc) is 3.05. The SMILES string of the molecule is CC(C)OC(=O)[C@H](C)N[P@@](=O)(Oc1ccccc1)O[C@@H](C)[C@H]1O[C@@H](n2cc(F)c(=O)[nH]c2=O)[C@](C)(F)C1O. The van der Waals surface area contributed by atoms with E-state index >= 15 is 4.39 Å². The van der Waals surface area contributed by atoms with Crippen molar-refractivity contribution in [3.8, 4) is 5.75 Å².